The van der Waals surface area contributed by atoms with Crippen LogP contribution in [0.2, 0.25) is 0 Å². The first kappa shape index (κ1) is 10.5. The molecule has 0 saturated carbocycles. The lowest BCUT2D eigenvalue weighted by atomic mass is 10.2. The van der Waals surface area contributed by atoms with E-state index in [1.807, 2.05) is 6.07 Å². The van der Waals surface area contributed by atoms with Crippen molar-refractivity contribution in [2.75, 3.05) is 20.3 Å². The Labute approximate surface area is 81.7 Å². The van der Waals surface area contributed by atoms with Crippen LogP contribution in [0.1, 0.15) is 5.56 Å². The van der Waals surface area contributed by atoms with Crippen molar-refractivity contribution in [2.45, 2.75) is 0 Å². The van der Waals surface area contributed by atoms with E-state index in [1.165, 1.54) is 25.3 Å². The molecule has 0 bridgehead atoms. The summed E-state index contributed by atoms with van der Waals surface area (Å²) >= 11 is 0. The molecule has 0 heterocycles. The molecule has 0 radical (unpaired) electrons. The molecule has 0 aliphatic heterocycles. The Hall–Kier alpha value is -1.60. The van der Waals surface area contributed by atoms with Gasteiger partial charge in [-0.15, -0.1) is 0 Å². The monoisotopic (exact) mass is 195 g/mol. The maximum absolute atomic E-state index is 13.1. The molecular weight excluding hydrogens is 185 g/mol. The molecule has 1 aromatic rings. The number of halogens is 1. The van der Waals surface area contributed by atoms with Crippen molar-refractivity contribution in [2.24, 2.45) is 0 Å². The standard InChI is InChI=1S/C10H10FNO2/c1-13-5-6-14-10-8(7-12)3-2-4-9(10)11/h2-4H,5-6H2,1H3. The third kappa shape index (κ3) is 2.44. The van der Waals surface area contributed by atoms with E-state index in [0.717, 1.165) is 0 Å². The van der Waals surface area contributed by atoms with Gasteiger partial charge in [0.15, 0.2) is 11.6 Å². The van der Waals surface area contributed by atoms with Crippen LogP contribution in [0.3, 0.4) is 0 Å². The normalized spacial score (nSPS) is 9.50. The Balaban J connectivity index is 2.78. The van der Waals surface area contributed by atoms with Gasteiger partial charge in [-0.05, 0) is 12.1 Å². The third-order valence-electron chi connectivity index (χ3n) is 1.62. The van der Waals surface area contributed by atoms with Gasteiger partial charge in [0.1, 0.15) is 12.7 Å². The Morgan fingerprint density at radius 1 is 1.43 bits per heavy atom. The van der Waals surface area contributed by atoms with Gasteiger partial charge in [-0.25, -0.2) is 4.39 Å². The Bertz CT molecular complexity index is 346. The van der Waals surface area contributed by atoms with Gasteiger partial charge in [-0.3, -0.25) is 0 Å². The number of hydrogen-bond acceptors (Lipinski definition) is 3. The van der Waals surface area contributed by atoms with Crippen LogP contribution in [-0.2, 0) is 4.74 Å². The molecule has 1 aromatic carbocycles. The molecule has 0 saturated heterocycles. The maximum Gasteiger partial charge on any atom is 0.172 e. The van der Waals surface area contributed by atoms with Crippen LogP contribution in [0, 0.1) is 17.1 Å². The third-order valence-corrected chi connectivity index (χ3v) is 1.62. The first-order chi connectivity index (χ1) is 6.79. The topological polar surface area (TPSA) is 42.2 Å². The summed E-state index contributed by atoms with van der Waals surface area (Å²) in [5.41, 5.74) is 0.195. The number of methoxy groups -OCH3 is 1. The molecule has 3 nitrogen and oxygen atoms in total. The van der Waals surface area contributed by atoms with Crippen LogP contribution in [0.15, 0.2) is 18.2 Å². The smallest absolute Gasteiger partial charge is 0.172 e. The van der Waals surface area contributed by atoms with Crippen LogP contribution in [0.5, 0.6) is 5.75 Å². The average molecular weight is 195 g/mol. The summed E-state index contributed by atoms with van der Waals surface area (Å²) < 4.78 is 23.0. The number of nitriles is 1. The quantitative estimate of drug-likeness (QED) is 0.687. The summed E-state index contributed by atoms with van der Waals surface area (Å²) in [7, 11) is 1.52. The van der Waals surface area contributed by atoms with E-state index in [1.54, 1.807) is 0 Å². The minimum absolute atomic E-state index is 0.00736. The Kier molecular flexibility index (Phi) is 3.89. The Morgan fingerprint density at radius 2 is 2.21 bits per heavy atom. The number of rotatable bonds is 4. The molecule has 0 aliphatic rings. The van der Waals surface area contributed by atoms with E-state index in [9.17, 15) is 4.39 Å². The molecule has 4 heteroatoms. The second-order valence-corrected chi connectivity index (χ2v) is 2.57. The molecule has 0 aliphatic carbocycles. The second kappa shape index (κ2) is 5.20. The number of ether oxygens (including phenoxy) is 2. The predicted octanol–water partition coefficient (Wildman–Crippen LogP) is 1.72. The second-order valence-electron chi connectivity index (χ2n) is 2.57. The minimum Gasteiger partial charge on any atom is -0.487 e. The first-order valence-corrected chi connectivity index (χ1v) is 4.10. The SMILES string of the molecule is COCCOc1c(F)cccc1C#N. The fourth-order valence-electron chi connectivity index (χ4n) is 0.971. The van der Waals surface area contributed by atoms with Gasteiger partial charge < -0.3 is 9.47 Å². The summed E-state index contributed by atoms with van der Waals surface area (Å²) in [6.45, 7) is 0.589. The molecule has 0 fully saturated rings. The predicted molar refractivity (Wildman–Crippen MR) is 48.5 cm³/mol. The van der Waals surface area contributed by atoms with Gasteiger partial charge in [0.25, 0.3) is 0 Å². The van der Waals surface area contributed by atoms with Gasteiger partial charge in [0.2, 0.25) is 0 Å². The molecule has 1 rings (SSSR count). The van der Waals surface area contributed by atoms with Crippen molar-refractivity contribution in [3.05, 3.63) is 29.6 Å². The summed E-state index contributed by atoms with van der Waals surface area (Å²) in [6.07, 6.45) is 0. The molecule has 0 atom stereocenters. The lowest BCUT2D eigenvalue weighted by Gasteiger charge is -2.07. The van der Waals surface area contributed by atoms with Gasteiger partial charge in [0.05, 0.1) is 12.2 Å². The van der Waals surface area contributed by atoms with E-state index < -0.39 is 5.82 Å². The number of para-hydroxylation sites is 1. The highest BCUT2D eigenvalue weighted by molar-refractivity contribution is 5.43. The fraction of sp³-hybridized carbons (Fsp3) is 0.300. The zero-order valence-corrected chi connectivity index (χ0v) is 7.79. The molecule has 0 aromatic heterocycles. The van der Waals surface area contributed by atoms with Crippen molar-refractivity contribution in [3.63, 3.8) is 0 Å². The average Bonchev–Trinajstić information content (AvgIpc) is 2.20. The van der Waals surface area contributed by atoms with Crippen molar-refractivity contribution in [1.82, 2.24) is 0 Å². The number of hydrogen-bond donors (Lipinski definition) is 0. The molecule has 0 amide bonds. The summed E-state index contributed by atoms with van der Waals surface area (Å²) in [6, 6.07) is 6.08. The van der Waals surface area contributed by atoms with E-state index in [-0.39, 0.29) is 17.9 Å². The van der Waals surface area contributed by atoms with Crippen LogP contribution >= 0.6 is 0 Å². The molecule has 0 unspecified atom stereocenters. The molecule has 0 N–H and O–H groups in total. The van der Waals surface area contributed by atoms with Gasteiger partial charge in [-0.2, -0.15) is 5.26 Å². The summed E-state index contributed by atoms with van der Waals surface area (Å²) in [4.78, 5) is 0. The van der Waals surface area contributed by atoms with Crippen LogP contribution < -0.4 is 4.74 Å². The lowest BCUT2D eigenvalue weighted by molar-refractivity contribution is 0.143. The zero-order valence-electron chi connectivity index (χ0n) is 7.79. The first-order valence-electron chi connectivity index (χ1n) is 4.10. The highest BCUT2D eigenvalue weighted by Crippen LogP contribution is 2.21. The van der Waals surface area contributed by atoms with Crippen molar-refractivity contribution in [3.8, 4) is 11.8 Å². The number of nitrogens with zero attached hydrogens (tertiary/aromatic N) is 1. The van der Waals surface area contributed by atoms with Gasteiger partial charge in [-0.1, -0.05) is 6.07 Å². The summed E-state index contributed by atoms with van der Waals surface area (Å²) in [5.74, 6) is -0.535. The van der Waals surface area contributed by atoms with Crippen molar-refractivity contribution < 1.29 is 13.9 Å². The molecule has 14 heavy (non-hydrogen) atoms. The van der Waals surface area contributed by atoms with Crippen LogP contribution in [0.25, 0.3) is 0 Å². The molecule has 0 spiro atoms. The van der Waals surface area contributed by atoms with Crippen molar-refractivity contribution >= 4 is 0 Å². The van der Waals surface area contributed by atoms with E-state index in [4.69, 9.17) is 14.7 Å². The molecule has 74 valence electrons. The maximum atomic E-state index is 13.1. The van der Waals surface area contributed by atoms with E-state index in [0.29, 0.717) is 6.61 Å². The van der Waals surface area contributed by atoms with E-state index in [2.05, 4.69) is 0 Å². The largest absolute Gasteiger partial charge is 0.487 e. The van der Waals surface area contributed by atoms with Gasteiger partial charge >= 0.3 is 0 Å². The van der Waals surface area contributed by atoms with Crippen LogP contribution in [-0.4, -0.2) is 20.3 Å². The molecular formula is C10H10FNO2. The van der Waals surface area contributed by atoms with E-state index >= 15 is 0 Å². The minimum atomic E-state index is -0.528. The van der Waals surface area contributed by atoms with Crippen LogP contribution in [0.4, 0.5) is 4.39 Å². The van der Waals surface area contributed by atoms with Crippen molar-refractivity contribution in [1.29, 1.82) is 5.26 Å². The zero-order chi connectivity index (χ0) is 10.4. The Morgan fingerprint density at radius 3 is 2.86 bits per heavy atom. The highest BCUT2D eigenvalue weighted by Gasteiger charge is 2.08. The number of benzene rings is 1. The summed E-state index contributed by atoms with van der Waals surface area (Å²) in [5, 5.41) is 8.67. The van der Waals surface area contributed by atoms with Gasteiger partial charge in [0, 0.05) is 7.11 Å². The fourth-order valence-corrected chi connectivity index (χ4v) is 0.971. The highest BCUT2D eigenvalue weighted by atomic mass is 19.1. The lowest BCUT2D eigenvalue weighted by Crippen LogP contribution is -2.06.